The summed E-state index contributed by atoms with van der Waals surface area (Å²) < 4.78 is 0. The van der Waals surface area contributed by atoms with Crippen molar-refractivity contribution >= 4 is 0 Å². The molecule has 0 aliphatic heterocycles. The van der Waals surface area contributed by atoms with E-state index in [1.807, 2.05) is 115 Å². The predicted octanol–water partition coefficient (Wildman–Crippen LogP) is 9.73. The minimum Gasteiger partial charge on any atom is -0.253 e. The lowest BCUT2D eigenvalue weighted by Gasteiger charge is -2.13. The molecule has 0 spiro atoms. The molecule has 4 aromatic heterocycles. The van der Waals surface area contributed by atoms with Gasteiger partial charge in [0, 0.05) is 39.6 Å². The number of nitrogens with zero attached hydrogens (tertiary/aromatic N) is 6. The van der Waals surface area contributed by atoms with Gasteiger partial charge in [0.25, 0.3) is 0 Å². The molecule has 0 bridgehead atoms. The topological polar surface area (TPSA) is 77.3 Å². The lowest BCUT2D eigenvalue weighted by Crippen LogP contribution is -2.02. The van der Waals surface area contributed by atoms with Crippen LogP contribution in [0.3, 0.4) is 0 Å². The van der Waals surface area contributed by atoms with Crippen molar-refractivity contribution in [3.63, 3.8) is 0 Å². The number of rotatable bonds is 7. The van der Waals surface area contributed by atoms with Crippen molar-refractivity contribution in [3.05, 3.63) is 170 Å². The number of pyridine rings is 3. The summed E-state index contributed by atoms with van der Waals surface area (Å²) in [5.41, 5.74) is 9.64. The van der Waals surface area contributed by atoms with Gasteiger partial charge in [-0.1, -0.05) is 127 Å². The van der Waals surface area contributed by atoms with Crippen molar-refractivity contribution in [1.82, 2.24) is 29.9 Å². The molecule has 0 unspecified atom stereocenters. The molecule has 0 saturated carbocycles. The Morgan fingerprint density at radius 1 is 0.250 bits per heavy atom. The molecule has 48 heavy (non-hydrogen) atoms. The summed E-state index contributed by atoms with van der Waals surface area (Å²) in [5, 5.41) is 0. The molecule has 0 amide bonds. The molecule has 6 nitrogen and oxygen atoms in total. The molecule has 0 fully saturated rings. The van der Waals surface area contributed by atoms with E-state index < -0.39 is 0 Å². The molecule has 0 saturated heterocycles. The van der Waals surface area contributed by atoms with Gasteiger partial charge in [0.15, 0.2) is 17.5 Å². The van der Waals surface area contributed by atoms with Crippen LogP contribution in [0.15, 0.2) is 170 Å². The first-order valence-electron chi connectivity index (χ1n) is 15.7. The zero-order chi connectivity index (χ0) is 32.1. The second-order valence-corrected chi connectivity index (χ2v) is 11.2. The second kappa shape index (κ2) is 13.0. The number of hydrogen-bond acceptors (Lipinski definition) is 6. The lowest BCUT2D eigenvalue weighted by molar-refractivity contribution is 1.06. The Balaban J connectivity index is 1.36. The Kier molecular flexibility index (Phi) is 7.79. The van der Waals surface area contributed by atoms with Gasteiger partial charge in [0.2, 0.25) is 0 Å². The van der Waals surface area contributed by atoms with Crippen molar-refractivity contribution in [1.29, 1.82) is 0 Å². The summed E-state index contributed by atoms with van der Waals surface area (Å²) in [6.07, 6.45) is 1.75. The first kappa shape index (κ1) is 28.8. The normalized spacial score (nSPS) is 10.9. The summed E-state index contributed by atoms with van der Waals surface area (Å²) in [7, 11) is 0. The van der Waals surface area contributed by atoms with Gasteiger partial charge in [-0.15, -0.1) is 0 Å². The quantitative estimate of drug-likeness (QED) is 0.177. The largest absolute Gasteiger partial charge is 0.253 e. The molecule has 0 atom stereocenters. The van der Waals surface area contributed by atoms with Crippen LogP contribution in [0, 0.1) is 0 Å². The average molecular weight is 617 g/mol. The molecule has 0 N–H and O–H groups in total. The monoisotopic (exact) mass is 616 g/mol. The van der Waals surface area contributed by atoms with Crippen LogP contribution in [0.4, 0.5) is 0 Å². The Labute approximate surface area is 278 Å². The Morgan fingerprint density at radius 2 is 0.583 bits per heavy atom. The molecule has 4 aromatic carbocycles. The molecule has 0 aliphatic rings. The lowest BCUT2D eigenvalue weighted by atomic mass is 10.0. The molecule has 0 radical (unpaired) electrons. The van der Waals surface area contributed by atoms with Crippen molar-refractivity contribution in [2.45, 2.75) is 0 Å². The van der Waals surface area contributed by atoms with Gasteiger partial charge in [-0.05, 0) is 36.4 Å². The van der Waals surface area contributed by atoms with E-state index in [0.29, 0.717) is 23.2 Å². The first-order chi connectivity index (χ1) is 23.8. The zero-order valence-corrected chi connectivity index (χ0v) is 25.8. The third kappa shape index (κ3) is 6.10. The van der Waals surface area contributed by atoms with Gasteiger partial charge >= 0.3 is 0 Å². The van der Waals surface area contributed by atoms with Crippen LogP contribution in [-0.4, -0.2) is 29.9 Å². The smallest absolute Gasteiger partial charge is 0.182 e. The highest BCUT2D eigenvalue weighted by atomic mass is 15.0. The van der Waals surface area contributed by atoms with Gasteiger partial charge in [-0.25, -0.2) is 24.9 Å². The van der Waals surface area contributed by atoms with Crippen LogP contribution in [0.5, 0.6) is 0 Å². The summed E-state index contributed by atoms with van der Waals surface area (Å²) in [5.74, 6) is 1.53. The molecule has 0 aliphatic carbocycles. The van der Waals surface area contributed by atoms with Crippen LogP contribution in [-0.2, 0) is 0 Å². The first-order valence-corrected chi connectivity index (χ1v) is 15.7. The summed E-state index contributed by atoms with van der Waals surface area (Å²) in [6.45, 7) is 0. The maximum absolute atomic E-state index is 5.13. The van der Waals surface area contributed by atoms with Crippen LogP contribution < -0.4 is 0 Å². The zero-order valence-electron chi connectivity index (χ0n) is 25.8. The Hall–Kier alpha value is -6.66. The maximum Gasteiger partial charge on any atom is 0.182 e. The van der Waals surface area contributed by atoms with Crippen molar-refractivity contribution in [3.8, 4) is 79.3 Å². The Bertz CT molecular complexity index is 2050. The minimum atomic E-state index is 0.481. The van der Waals surface area contributed by atoms with Gasteiger partial charge in [-0.3, -0.25) is 4.98 Å². The van der Waals surface area contributed by atoms with Crippen LogP contribution in [0.25, 0.3) is 79.3 Å². The van der Waals surface area contributed by atoms with E-state index in [1.54, 1.807) is 6.20 Å². The molecule has 6 heteroatoms. The average Bonchev–Trinajstić information content (AvgIpc) is 3.19. The standard InChI is InChI=1S/C42H28N6/c1-5-15-29(16-6-1)36-25-33(26-37(44-36)30-17-7-2-8-18-30)40-46-41(48-42(47-40)35-23-13-14-24-43-35)34-27-38(31-19-9-3-10-20-31)45-39(28-34)32-21-11-4-12-22-32/h1-28H. The Morgan fingerprint density at radius 3 is 0.917 bits per heavy atom. The fourth-order valence-corrected chi connectivity index (χ4v) is 5.59. The summed E-state index contributed by atoms with van der Waals surface area (Å²) in [6, 6.07) is 54.6. The summed E-state index contributed by atoms with van der Waals surface area (Å²) in [4.78, 5) is 29.9. The highest BCUT2D eigenvalue weighted by Gasteiger charge is 2.18. The number of benzene rings is 4. The van der Waals surface area contributed by atoms with Gasteiger partial charge in [0.05, 0.1) is 22.8 Å². The second-order valence-electron chi connectivity index (χ2n) is 11.2. The highest BCUT2D eigenvalue weighted by molar-refractivity contribution is 5.78. The van der Waals surface area contributed by atoms with E-state index in [-0.39, 0.29) is 0 Å². The predicted molar refractivity (Wildman–Crippen MR) is 191 cm³/mol. The molecule has 8 rings (SSSR count). The van der Waals surface area contributed by atoms with E-state index in [0.717, 1.165) is 56.2 Å². The molecule has 8 aromatic rings. The van der Waals surface area contributed by atoms with Crippen LogP contribution in [0.2, 0.25) is 0 Å². The fraction of sp³-hybridized carbons (Fsp3) is 0. The van der Waals surface area contributed by atoms with Gasteiger partial charge in [0.1, 0.15) is 5.69 Å². The molecular formula is C42H28N6. The van der Waals surface area contributed by atoms with E-state index in [9.17, 15) is 0 Å². The fourth-order valence-electron chi connectivity index (χ4n) is 5.59. The van der Waals surface area contributed by atoms with Crippen molar-refractivity contribution in [2.75, 3.05) is 0 Å². The van der Waals surface area contributed by atoms with Gasteiger partial charge in [-0.2, -0.15) is 0 Å². The maximum atomic E-state index is 5.13. The van der Waals surface area contributed by atoms with E-state index in [1.165, 1.54) is 0 Å². The highest BCUT2D eigenvalue weighted by Crippen LogP contribution is 2.33. The van der Waals surface area contributed by atoms with Crippen molar-refractivity contribution in [2.24, 2.45) is 0 Å². The van der Waals surface area contributed by atoms with Crippen LogP contribution in [0.1, 0.15) is 0 Å². The van der Waals surface area contributed by atoms with E-state index in [2.05, 4.69) is 53.5 Å². The number of hydrogen-bond donors (Lipinski definition) is 0. The van der Waals surface area contributed by atoms with E-state index in [4.69, 9.17) is 24.9 Å². The minimum absolute atomic E-state index is 0.481. The number of aromatic nitrogens is 6. The van der Waals surface area contributed by atoms with Crippen molar-refractivity contribution < 1.29 is 0 Å². The van der Waals surface area contributed by atoms with Gasteiger partial charge < -0.3 is 0 Å². The molecular weight excluding hydrogens is 589 g/mol. The van der Waals surface area contributed by atoms with E-state index >= 15 is 0 Å². The third-order valence-electron chi connectivity index (χ3n) is 7.97. The summed E-state index contributed by atoms with van der Waals surface area (Å²) >= 11 is 0. The molecule has 226 valence electrons. The SMILES string of the molecule is c1ccc(-c2cc(-c3nc(-c4cc(-c5ccccc5)nc(-c5ccccc5)c4)nc(-c4ccccn4)n3)cc(-c3ccccc3)n2)cc1. The molecule has 4 heterocycles. The third-order valence-corrected chi connectivity index (χ3v) is 7.97. The van der Waals surface area contributed by atoms with Crippen LogP contribution >= 0.6 is 0 Å².